The zero-order valence-electron chi connectivity index (χ0n) is 13.4. The molecule has 0 unspecified atom stereocenters. The number of nitro benzene ring substituents is 1. The number of ether oxygens (including phenoxy) is 1. The van der Waals surface area contributed by atoms with E-state index in [1.165, 1.54) is 13.2 Å². The van der Waals surface area contributed by atoms with Gasteiger partial charge in [0, 0.05) is 38.3 Å². The Hall–Kier alpha value is -1.54. The Morgan fingerprint density at radius 3 is 2.58 bits per heavy atom. The molecule has 1 aliphatic rings. The highest BCUT2D eigenvalue weighted by atomic mass is 35.5. The van der Waals surface area contributed by atoms with Crippen LogP contribution in [0.2, 0.25) is 0 Å². The molecule has 1 fully saturated rings. The van der Waals surface area contributed by atoms with Crippen LogP contribution in [-0.4, -0.2) is 48.2 Å². The number of nitro groups is 1. The van der Waals surface area contributed by atoms with Gasteiger partial charge in [-0.25, -0.2) is 0 Å². The minimum atomic E-state index is -0.593. The summed E-state index contributed by atoms with van der Waals surface area (Å²) in [5, 5.41) is 24.3. The summed E-state index contributed by atoms with van der Waals surface area (Å²) in [6, 6.07) is 3.07. The van der Waals surface area contributed by atoms with E-state index in [4.69, 9.17) is 4.74 Å². The second-order valence-electron chi connectivity index (χ2n) is 5.17. The fraction of sp³-hybridized carbons (Fsp3) is 0.467. The molecule has 1 aromatic carbocycles. The molecule has 1 aliphatic heterocycles. The van der Waals surface area contributed by atoms with Crippen LogP contribution in [0.4, 0.5) is 5.69 Å². The number of hydrogen-bond donors (Lipinski definition) is 2. The number of aromatic hydroxyl groups is 1. The number of halogens is 2. The zero-order chi connectivity index (χ0) is 16.1. The molecule has 2 N–H and O–H groups in total. The minimum Gasteiger partial charge on any atom is -0.500 e. The van der Waals surface area contributed by atoms with E-state index in [1.54, 1.807) is 12.1 Å². The topological polar surface area (TPSA) is 87.9 Å². The Bertz CT molecular complexity index is 566. The van der Waals surface area contributed by atoms with Gasteiger partial charge in [0.25, 0.3) is 0 Å². The lowest BCUT2D eigenvalue weighted by atomic mass is 9.99. The molecule has 0 spiro atoms. The van der Waals surface area contributed by atoms with Crippen molar-refractivity contribution in [2.45, 2.75) is 12.5 Å². The third-order valence-corrected chi connectivity index (χ3v) is 3.86. The van der Waals surface area contributed by atoms with Gasteiger partial charge in [0.2, 0.25) is 5.75 Å². The molecule has 0 bridgehead atoms. The van der Waals surface area contributed by atoms with Crippen LogP contribution in [0.3, 0.4) is 0 Å². The SMILES string of the molecule is C=CC[C@H](c1cc(OC)c(O)c([N+](=O)[O-])c1)N1CCNCC1.Cl.Cl. The monoisotopic (exact) mass is 379 g/mol. The second-order valence-corrected chi connectivity index (χ2v) is 5.17. The number of phenolic OH excluding ortho intramolecular Hbond substituents is 1. The van der Waals surface area contributed by atoms with E-state index in [2.05, 4.69) is 16.8 Å². The lowest BCUT2D eigenvalue weighted by molar-refractivity contribution is -0.386. The molecule has 0 aliphatic carbocycles. The lowest BCUT2D eigenvalue weighted by Gasteiger charge is -2.34. The average molecular weight is 380 g/mol. The molecule has 0 amide bonds. The molecule has 1 atom stereocenters. The summed E-state index contributed by atoms with van der Waals surface area (Å²) >= 11 is 0. The number of rotatable bonds is 6. The normalized spacial score (nSPS) is 15.5. The van der Waals surface area contributed by atoms with Gasteiger partial charge < -0.3 is 15.2 Å². The summed E-state index contributed by atoms with van der Waals surface area (Å²) in [7, 11) is 1.38. The molecular weight excluding hydrogens is 357 g/mol. The number of piperazine rings is 1. The van der Waals surface area contributed by atoms with Crippen molar-refractivity contribution >= 4 is 30.5 Å². The lowest BCUT2D eigenvalue weighted by Crippen LogP contribution is -2.45. The molecular formula is C15H23Cl2N3O4. The van der Waals surface area contributed by atoms with E-state index in [0.717, 1.165) is 31.7 Å². The Labute approximate surface area is 153 Å². The predicted octanol–water partition coefficient (Wildman–Crippen LogP) is 2.68. The van der Waals surface area contributed by atoms with Gasteiger partial charge in [-0.15, -0.1) is 31.4 Å². The number of benzene rings is 1. The van der Waals surface area contributed by atoms with Crippen molar-refractivity contribution < 1.29 is 14.8 Å². The van der Waals surface area contributed by atoms with E-state index in [0.29, 0.717) is 6.42 Å². The van der Waals surface area contributed by atoms with Crippen LogP contribution in [0.15, 0.2) is 24.8 Å². The van der Waals surface area contributed by atoms with Crippen molar-refractivity contribution in [2.75, 3.05) is 33.3 Å². The molecule has 0 aromatic heterocycles. The summed E-state index contributed by atoms with van der Waals surface area (Å²) in [6.07, 6.45) is 2.48. The van der Waals surface area contributed by atoms with Crippen LogP contribution >= 0.6 is 24.8 Å². The number of nitrogens with one attached hydrogen (secondary N) is 1. The van der Waals surface area contributed by atoms with E-state index in [1.807, 2.05) is 0 Å². The molecule has 136 valence electrons. The van der Waals surface area contributed by atoms with E-state index in [-0.39, 0.29) is 42.3 Å². The largest absolute Gasteiger partial charge is 0.500 e. The zero-order valence-corrected chi connectivity index (χ0v) is 15.1. The summed E-state index contributed by atoms with van der Waals surface area (Å²) < 4.78 is 5.08. The fourth-order valence-corrected chi connectivity index (χ4v) is 2.75. The maximum absolute atomic E-state index is 11.1. The first-order valence-electron chi connectivity index (χ1n) is 7.19. The first kappa shape index (κ1) is 22.5. The van der Waals surface area contributed by atoms with Gasteiger partial charge in [0.15, 0.2) is 5.75 Å². The minimum absolute atomic E-state index is 0. The Balaban J connectivity index is 0.00000264. The molecule has 1 aromatic rings. The summed E-state index contributed by atoms with van der Waals surface area (Å²) in [4.78, 5) is 12.8. The quantitative estimate of drug-likeness (QED) is 0.448. The van der Waals surface area contributed by atoms with E-state index < -0.39 is 10.7 Å². The molecule has 9 heteroatoms. The Morgan fingerprint density at radius 1 is 1.46 bits per heavy atom. The molecule has 24 heavy (non-hydrogen) atoms. The highest BCUT2D eigenvalue weighted by Gasteiger charge is 2.26. The molecule has 7 nitrogen and oxygen atoms in total. The van der Waals surface area contributed by atoms with Gasteiger partial charge in [-0.1, -0.05) is 6.08 Å². The first-order chi connectivity index (χ1) is 10.6. The average Bonchev–Trinajstić information content (AvgIpc) is 2.53. The van der Waals surface area contributed by atoms with Crippen molar-refractivity contribution in [3.05, 3.63) is 40.5 Å². The van der Waals surface area contributed by atoms with Crippen LogP contribution in [-0.2, 0) is 0 Å². The predicted molar refractivity (Wildman–Crippen MR) is 97.8 cm³/mol. The molecule has 0 radical (unpaired) electrons. The highest BCUT2D eigenvalue weighted by molar-refractivity contribution is 5.85. The number of hydrogen-bond acceptors (Lipinski definition) is 6. The highest BCUT2D eigenvalue weighted by Crippen LogP contribution is 2.40. The standard InChI is InChI=1S/C15H21N3O4.2ClH/c1-3-4-12(17-7-5-16-6-8-17)11-9-13(18(20)21)15(19)14(10-11)22-2;;/h3,9-10,12,16,19H,1,4-8H2,2H3;2*1H/t12-;;/m1../s1. The third-order valence-electron chi connectivity index (χ3n) is 3.86. The second kappa shape index (κ2) is 10.4. The molecule has 1 heterocycles. The van der Waals surface area contributed by atoms with Crippen molar-refractivity contribution in [3.63, 3.8) is 0 Å². The van der Waals surface area contributed by atoms with Gasteiger partial charge in [-0.05, 0) is 18.1 Å². The van der Waals surface area contributed by atoms with Crippen LogP contribution in [0.25, 0.3) is 0 Å². The van der Waals surface area contributed by atoms with Crippen molar-refractivity contribution in [1.29, 1.82) is 0 Å². The molecule has 0 saturated carbocycles. The fourth-order valence-electron chi connectivity index (χ4n) is 2.75. The van der Waals surface area contributed by atoms with Crippen molar-refractivity contribution in [1.82, 2.24) is 10.2 Å². The van der Waals surface area contributed by atoms with E-state index in [9.17, 15) is 15.2 Å². The van der Waals surface area contributed by atoms with Crippen LogP contribution in [0.1, 0.15) is 18.0 Å². The van der Waals surface area contributed by atoms with Gasteiger partial charge in [0.1, 0.15) is 0 Å². The number of methoxy groups -OCH3 is 1. The third kappa shape index (κ3) is 4.98. The van der Waals surface area contributed by atoms with Crippen LogP contribution in [0.5, 0.6) is 11.5 Å². The van der Waals surface area contributed by atoms with E-state index >= 15 is 0 Å². The first-order valence-corrected chi connectivity index (χ1v) is 7.19. The maximum atomic E-state index is 11.1. The Kier molecular flexibility index (Phi) is 9.69. The smallest absolute Gasteiger partial charge is 0.314 e. The van der Waals surface area contributed by atoms with Gasteiger partial charge in [-0.3, -0.25) is 15.0 Å². The number of nitrogens with zero attached hydrogens (tertiary/aromatic N) is 2. The summed E-state index contributed by atoms with van der Waals surface area (Å²) in [5.74, 6) is -0.317. The Morgan fingerprint density at radius 2 is 2.08 bits per heavy atom. The van der Waals surface area contributed by atoms with Crippen molar-refractivity contribution in [2.24, 2.45) is 0 Å². The summed E-state index contributed by atoms with van der Waals surface area (Å²) in [5.41, 5.74) is 0.418. The van der Waals surface area contributed by atoms with Gasteiger partial charge in [0.05, 0.1) is 12.0 Å². The van der Waals surface area contributed by atoms with Gasteiger partial charge >= 0.3 is 5.69 Å². The van der Waals surface area contributed by atoms with Gasteiger partial charge in [-0.2, -0.15) is 0 Å². The molecule has 2 rings (SSSR count). The molecule has 1 saturated heterocycles. The van der Waals surface area contributed by atoms with Crippen molar-refractivity contribution in [3.8, 4) is 11.5 Å². The number of phenols is 1. The van der Waals surface area contributed by atoms with Crippen LogP contribution < -0.4 is 10.1 Å². The maximum Gasteiger partial charge on any atom is 0.314 e. The van der Waals surface area contributed by atoms with Crippen LogP contribution in [0, 0.1) is 10.1 Å². The summed E-state index contributed by atoms with van der Waals surface area (Å²) in [6.45, 7) is 7.25.